The first-order valence-electron chi connectivity index (χ1n) is 12.5. The third kappa shape index (κ3) is 9.06. The van der Waals surface area contributed by atoms with Crippen molar-refractivity contribution in [2.24, 2.45) is 5.92 Å². The van der Waals surface area contributed by atoms with Crippen LogP contribution in [0, 0.1) is 5.92 Å². The van der Waals surface area contributed by atoms with Crippen LogP contribution in [0.3, 0.4) is 0 Å². The molecule has 0 saturated carbocycles. The second kappa shape index (κ2) is 14.6. The van der Waals surface area contributed by atoms with Gasteiger partial charge in [-0.05, 0) is 48.6 Å². The average molecular weight is 587 g/mol. The molecule has 0 unspecified atom stereocenters. The first-order valence-corrected chi connectivity index (χ1v) is 15.1. The largest absolute Gasteiger partial charge is 0.495 e. The highest BCUT2D eigenvalue weighted by molar-refractivity contribution is 7.92. The number of hydrogen-bond donors (Lipinski definition) is 1. The molecule has 0 saturated heterocycles. The summed E-state index contributed by atoms with van der Waals surface area (Å²) in [5, 5.41) is 3.67. The molecular formula is C27H37Cl2N3O5S. The Morgan fingerprint density at radius 2 is 1.76 bits per heavy atom. The number of nitrogens with one attached hydrogen (secondary N) is 1. The van der Waals surface area contributed by atoms with Crippen LogP contribution in [0.1, 0.15) is 45.6 Å². The Labute approximate surface area is 236 Å². The number of methoxy groups -OCH3 is 1. The Hall–Kier alpha value is -2.49. The molecule has 210 valence electrons. The van der Waals surface area contributed by atoms with E-state index >= 15 is 0 Å². The summed E-state index contributed by atoms with van der Waals surface area (Å²) in [6.07, 6.45) is 1.81. The van der Waals surface area contributed by atoms with Crippen molar-refractivity contribution in [1.29, 1.82) is 0 Å². The predicted molar refractivity (Wildman–Crippen MR) is 153 cm³/mol. The summed E-state index contributed by atoms with van der Waals surface area (Å²) in [5.41, 5.74) is 1.13. The van der Waals surface area contributed by atoms with Gasteiger partial charge >= 0.3 is 0 Å². The van der Waals surface area contributed by atoms with Crippen LogP contribution in [0.4, 0.5) is 5.69 Å². The fraction of sp³-hybridized carbons (Fsp3) is 0.481. The average Bonchev–Trinajstić information content (AvgIpc) is 2.86. The minimum Gasteiger partial charge on any atom is -0.495 e. The lowest BCUT2D eigenvalue weighted by Crippen LogP contribution is -2.49. The number of benzene rings is 2. The molecular weight excluding hydrogens is 549 g/mol. The van der Waals surface area contributed by atoms with Gasteiger partial charge in [0.2, 0.25) is 21.8 Å². The number of halogens is 2. The van der Waals surface area contributed by atoms with Gasteiger partial charge in [-0.3, -0.25) is 13.9 Å². The molecule has 2 aromatic rings. The van der Waals surface area contributed by atoms with Crippen LogP contribution < -0.4 is 14.4 Å². The molecule has 1 atom stereocenters. The number of rotatable bonds is 14. The van der Waals surface area contributed by atoms with E-state index in [9.17, 15) is 18.0 Å². The van der Waals surface area contributed by atoms with Gasteiger partial charge in [-0.1, -0.05) is 62.2 Å². The van der Waals surface area contributed by atoms with Crippen molar-refractivity contribution in [3.8, 4) is 5.75 Å². The van der Waals surface area contributed by atoms with E-state index in [-0.39, 0.29) is 43.7 Å². The first kappa shape index (κ1) is 31.7. The zero-order valence-corrected chi connectivity index (χ0v) is 24.9. The van der Waals surface area contributed by atoms with E-state index in [2.05, 4.69) is 5.32 Å². The second-order valence-electron chi connectivity index (χ2n) is 9.44. The number of amides is 2. The van der Waals surface area contributed by atoms with E-state index in [4.69, 9.17) is 27.9 Å². The molecule has 2 rings (SSSR count). The molecule has 0 aliphatic rings. The van der Waals surface area contributed by atoms with Crippen LogP contribution >= 0.6 is 23.2 Å². The number of carbonyl (C=O) groups is 2. The van der Waals surface area contributed by atoms with Crippen LogP contribution in [-0.2, 0) is 26.2 Å². The van der Waals surface area contributed by atoms with Gasteiger partial charge < -0.3 is 15.0 Å². The van der Waals surface area contributed by atoms with Crippen molar-refractivity contribution in [3.05, 3.63) is 58.1 Å². The summed E-state index contributed by atoms with van der Waals surface area (Å²) in [6.45, 7) is 6.56. The minimum atomic E-state index is -3.64. The van der Waals surface area contributed by atoms with Crippen LogP contribution in [0.25, 0.3) is 0 Å². The number of ether oxygens (including phenoxy) is 1. The zero-order valence-electron chi connectivity index (χ0n) is 22.5. The Bertz CT molecular complexity index is 1210. The van der Waals surface area contributed by atoms with Gasteiger partial charge in [0, 0.05) is 26.1 Å². The lowest BCUT2D eigenvalue weighted by Gasteiger charge is -2.31. The number of nitrogens with zero attached hydrogens (tertiary/aromatic N) is 2. The highest BCUT2D eigenvalue weighted by Crippen LogP contribution is 2.30. The third-order valence-corrected chi connectivity index (χ3v) is 7.83. The fourth-order valence-corrected chi connectivity index (χ4v) is 5.28. The molecule has 0 heterocycles. The summed E-state index contributed by atoms with van der Waals surface area (Å²) in [5.74, 6) is 0.170. The Kier molecular flexibility index (Phi) is 12.2. The smallest absolute Gasteiger partial charge is 0.242 e. The SMILES string of the molecule is CC[C@@H](C(=O)NCC(C)C)N(Cc1ccc(Cl)c(Cl)c1)C(=O)CCCN(c1ccccc1OC)S(C)(=O)=O. The van der Waals surface area contributed by atoms with E-state index < -0.39 is 16.1 Å². The van der Waals surface area contributed by atoms with Crippen molar-refractivity contribution < 1.29 is 22.7 Å². The van der Waals surface area contributed by atoms with Gasteiger partial charge in [0.1, 0.15) is 11.8 Å². The van der Waals surface area contributed by atoms with E-state index in [0.29, 0.717) is 34.4 Å². The predicted octanol–water partition coefficient (Wildman–Crippen LogP) is 5.13. The molecule has 0 spiro atoms. The van der Waals surface area contributed by atoms with E-state index in [0.717, 1.165) is 11.8 Å². The molecule has 0 aliphatic heterocycles. The van der Waals surface area contributed by atoms with Gasteiger partial charge in [0.25, 0.3) is 0 Å². The van der Waals surface area contributed by atoms with E-state index in [1.165, 1.54) is 16.3 Å². The molecule has 0 aromatic heterocycles. The quantitative estimate of drug-likeness (QED) is 0.331. The van der Waals surface area contributed by atoms with Crippen molar-refractivity contribution >= 4 is 50.7 Å². The molecule has 2 aromatic carbocycles. The van der Waals surface area contributed by atoms with Crippen molar-refractivity contribution in [1.82, 2.24) is 10.2 Å². The lowest BCUT2D eigenvalue weighted by atomic mass is 10.1. The number of hydrogen-bond acceptors (Lipinski definition) is 5. The Morgan fingerprint density at radius 1 is 1.08 bits per heavy atom. The standard InChI is InChI=1S/C27H37Cl2N3O5S/c1-6-23(27(34)30-17-19(2)3)31(18-20-13-14-21(28)22(29)16-20)26(33)12-9-15-32(38(5,35)36)24-10-7-8-11-25(24)37-4/h7-8,10-11,13-14,16,19,23H,6,9,12,15,17-18H2,1-5H3,(H,30,34)/t23-/m0/s1. The van der Waals surface area contributed by atoms with Crippen LogP contribution in [-0.4, -0.2) is 57.6 Å². The molecule has 0 fully saturated rings. The number of carbonyl (C=O) groups excluding carboxylic acids is 2. The summed E-state index contributed by atoms with van der Waals surface area (Å²) in [4.78, 5) is 28.1. The van der Waals surface area contributed by atoms with Crippen molar-refractivity contribution in [2.45, 2.75) is 52.6 Å². The zero-order chi connectivity index (χ0) is 28.5. The molecule has 2 amide bonds. The van der Waals surface area contributed by atoms with Crippen LogP contribution in [0.5, 0.6) is 5.75 Å². The highest BCUT2D eigenvalue weighted by atomic mass is 35.5. The summed E-state index contributed by atoms with van der Waals surface area (Å²) >= 11 is 12.3. The normalized spacial score (nSPS) is 12.2. The maximum absolute atomic E-state index is 13.5. The number of para-hydroxylation sites is 2. The van der Waals surface area contributed by atoms with E-state index in [1.54, 1.807) is 42.5 Å². The first-order chi connectivity index (χ1) is 17.9. The monoisotopic (exact) mass is 585 g/mol. The maximum atomic E-state index is 13.5. The third-order valence-electron chi connectivity index (χ3n) is 5.91. The van der Waals surface area contributed by atoms with Crippen molar-refractivity contribution in [3.63, 3.8) is 0 Å². The number of anilines is 1. The molecule has 0 aliphatic carbocycles. The van der Waals surface area contributed by atoms with Crippen molar-refractivity contribution in [2.75, 3.05) is 30.8 Å². The highest BCUT2D eigenvalue weighted by Gasteiger charge is 2.29. The summed E-state index contributed by atoms with van der Waals surface area (Å²) in [7, 11) is -2.17. The topological polar surface area (TPSA) is 96.0 Å². The van der Waals surface area contributed by atoms with Gasteiger partial charge in [0.05, 0.1) is 29.1 Å². The molecule has 0 radical (unpaired) electrons. The summed E-state index contributed by atoms with van der Waals surface area (Å²) in [6, 6.07) is 11.2. The Morgan fingerprint density at radius 3 is 2.34 bits per heavy atom. The van der Waals surface area contributed by atoms with Crippen LogP contribution in [0.2, 0.25) is 10.0 Å². The minimum absolute atomic E-state index is 0.0381. The number of sulfonamides is 1. The molecule has 8 nitrogen and oxygen atoms in total. The molecule has 1 N–H and O–H groups in total. The van der Waals surface area contributed by atoms with E-state index in [1.807, 2.05) is 20.8 Å². The molecule has 38 heavy (non-hydrogen) atoms. The maximum Gasteiger partial charge on any atom is 0.242 e. The van der Waals surface area contributed by atoms with Gasteiger partial charge in [0.15, 0.2) is 0 Å². The summed E-state index contributed by atoms with van der Waals surface area (Å²) < 4.78 is 31.7. The van der Waals surface area contributed by atoms with Crippen LogP contribution in [0.15, 0.2) is 42.5 Å². The molecule has 11 heteroatoms. The molecule has 0 bridgehead atoms. The fourth-order valence-electron chi connectivity index (χ4n) is 3.99. The van der Waals surface area contributed by atoms with Gasteiger partial charge in [-0.15, -0.1) is 0 Å². The lowest BCUT2D eigenvalue weighted by molar-refractivity contribution is -0.141. The van der Waals surface area contributed by atoms with Gasteiger partial charge in [-0.2, -0.15) is 0 Å². The second-order valence-corrected chi connectivity index (χ2v) is 12.2. The Balaban J connectivity index is 2.26. The van der Waals surface area contributed by atoms with Gasteiger partial charge in [-0.25, -0.2) is 8.42 Å².